The summed E-state index contributed by atoms with van der Waals surface area (Å²) < 4.78 is 0. The molecule has 2 unspecified atom stereocenters. The number of hydrogen-bond donors (Lipinski definition) is 1. The molecule has 3 rings (SSSR count). The average molecular weight is 206 g/mol. The number of hydrogen-bond acceptors (Lipinski definition) is 2. The van der Waals surface area contributed by atoms with Gasteiger partial charge in [0.15, 0.2) is 0 Å². The summed E-state index contributed by atoms with van der Waals surface area (Å²) in [6.07, 6.45) is 1.99. The molecule has 1 nitrogen and oxygen atoms in total. The zero-order valence-electron chi connectivity index (χ0n) is 8.29. The van der Waals surface area contributed by atoms with Crippen molar-refractivity contribution in [1.82, 2.24) is 0 Å². The first-order valence-electron chi connectivity index (χ1n) is 5.21. The zero-order chi connectivity index (χ0) is 9.71. The van der Waals surface area contributed by atoms with Gasteiger partial charge in [-0.15, -0.1) is 11.8 Å². The Labute approximate surface area is 88.5 Å². The van der Waals surface area contributed by atoms with E-state index in [4.69, 9.17) is 0 Å². The molecule has 0 amide bonds. The van der Waals surface area contributed by atoms with E-state index in [1.807, 2.05) is 11.8 Å². The van der Waals surface area contributed by atoms with Crippen LogP contribution in [0, 0.1) is 6.92 Å². The van der Waals surface area contributed by atoms with Crippen LogP contribution in [-0.4, -0.2) is 10.9 Å². The van der Waals surface area contributed by atoms with Gasteiger partial charge in [-0.3, -0.25) is 0 Å². The molecule has 0 radical (unpaired) electrons. The Hall–Kier alpha value is -0.470. The first kappa shape index (κ1) is 8.81. The second kappa shape index (κ2) is 3.01. The molecular weight excluding hydrogens is 192 g/mol. The third-order valence-corrected chi connectivity index (χ3v) is 4.55. The van der Waals surface area contributed by atoms with Gasteiger partial charge in [-0.2, -0.15) is 0 Å². The summed E-state index contributed by atoms with van der Waals surface area (Å²) >= 11 is 1.95. The van der Waals surface area contributed by atoms with E-state index in [1.54, 1.807) is 0 Å². The molecule has 1 N–H and O–H groups in total. The number of aliphatic hydroxyl groups is 1. The molecule has 2 heteroatoms. The van der Waals surface area contributed by atoms with Gasteiger partial charge in [0.2, 0.25) is 0 Å². The number of aliphatic hydroxyl groups excluding tert-OH is 1. The van der Waals surface area contributed by atoms with Crippen LogP contribution < -0.4 is 0 Å². The lowest BCUT2D eigenvalue weighted by atomic mass is 9.96. The molecule has 14 heavy (non-hydrogen) atoms. The Bertz CT molecular complexity index is 386. The summed E-state index contributed by atoms with van der Waals surface area (Å²) in [7, 11) is 0. The lowest BCUT2D eigenvalue weighted by molar-refractivity contribution is 0.172. The molecular formula is C12H14OS. The Morgan fingerprint density at radius 2 is 2.21 bits per heavy atom. The van der Waals surface area contributed by atoms with Crippen molar-refractivity contribution >= 4 is 11.8 Å². The van der Waals surface area contributed by atoms with Crippen molar-refractivity contribution in [3.05, 3.63) is 28.8 Å². The van der Waals surface area contributed by atoms with Crippen LogP contribution in [0.25, 0.3) is 0 Å². The molecule has 1 heterocycles. The van der Waals surface area contributed by atoms with Crippen LogP contribution in [0.2, 0.25) is 0 Å². The van der Waals surface area contributed by atoms with Crippen molar-refractivity contribution < 1.29 is 5.11 Å². The SMILES string of the molecule is Cc1ccc2c3c1C(O)CC3CCS2. The number of thioether (sulfide) groups is 1. The predicted molar refractivity (Wildman–Crippen MR) is 58.8 cm³/mol. The second-order valence-electron chi connectivity index (χ2n) is 4.29. The van der Waals surface area contributed by atoms with Gasteiger partial charge in [-0.25, -0.2) is 0 Å². The molecule has 1 aromatic rings. The molecule has 2 aliphatic rings. The lowest BCUT2D eigenvalue weighted by Crippen LogP contribution is -2.03. The van der Waals surface area contributed by atoms with E-state index in [-0.39, 0.29) is 6.10 Å². The van der Waals surface area contributed by atoms with E-state index in [0.29, 0.717) is 5.92 Å². The number of rotatable bonds is 0. The Morgan fingerprint density at radius 3 is 3.07 bits per heavy atom. The van der Waals surface area contributed by atoms with Crippen LogP contribution in [0.5, 0.6) is 0 Å². The third-order valence-electron chi connectivity index (χ3n) is 3.44. The lowest BCUT2D eigenvalue weighted by Gasteiger charge is -2.21. The first-order valence-corrected chi connectivity index (χ1v) is 6.20. The Morgan fingerprint density at radius 1 is 1.36 bits per heavy atom. The highest BCUT2D eigenvalue weighted by Gasteiger charge is 2.34. The van der Waals surface area contributed by atoms with E-state index in [2.05, 4.69) is 19.1 Å². The maximum atomic E-state index is 10.0. The van der Waals surface area contributed by atoms with Gasteiger partial charge >= 0.3 is 0 Å². The van der Waals surface area contributed by atoms with Crippen molar-refractivity contribution in [2.75, 3.05) is 5.75 Å². The molecule has 1 aliphatic heterocycles. The normalized spacial score (nSPS) is 29.0. The standard InChI is InChI=1S/C12H14OS/c1-7-2-3-10-12-8(4-5-14-10)6-9(13)11(7)12/h2-3,8-9,13H,4-6H2,1H3. The van der Waals surface area contributed by atoms with Gasteiger partial charge in [0.05, 0.1) is 6.10 Å². The van der Waals surface area contributed by atoms with Crippen molar-refractivity contribution in [1.29, 1.82) is 0 Å². The van der Waals surface area contributed by atoms with Crippen LogP contribution in [0.15, 0.2) is 17.0 Å². The summed E-state index contributed by atoms with van der Waals surface area (Å²) in [6, 6.07) is 4.38. The van der Waals surface area contributed by atoms with E-state index < -0.39 is 0 Å². The summed E-state index contributed by atoms with van der Waals surface area (Å²) in [6.45, 7) is 2.11. The predicted octanol–water partition coefficient (Wildman–Crippen LogP) is 3.01. The molecule has 1 aromatic carbocycles. The minimum absolute atomic E-state index is 0.200. The minimum Gasteiger partial charge on any atom is -0.388 e. The van der Waals surface area contributed by atoms with Gasteiger partial charge in [-0.05, 0) is 54.2 Å². The van der Waals surface area contributed by atoms with Crippen LogP contribution in [0.3, 0.4) is 0 Å². The van der Waals surface area contributed by atoms with Crippen molar-refractivity contribution in [3.63, 3.8) is 0 Å². The summed E-state index contributed by atoms with van der Waals surface area (Å²) in [4.78, 5) is 1.42. The van der Waals surface area contributed by atoms with Gasteiger partial charge in [0, 0.05) is 4.90 Å². The fraction of sp³-hybridized carbons (Fsp3) is 0.500. The molecule has 0 fully saturated rings. The van der Waals surface area contributed by atoms with Gasteiger partial charge in [-0.1, -0.05) is 6.07 Å². The van der Waals surface area contributed by atoms with Gasteiger partial charge < -0.3 is 5.11 Å². The number of aryl methyl sites for hydroxylation is 1. The molecule has 2 atom stereocenters. The fourth-order valence-corrected chi connectivity index (χ4v) is 4.01. The minimum atomic E-state index is -0.200. The van der Waals surface area contributed by atoms with Gasteiger partial charge in [0.1, 0.15) is 0 Å². The van der Waals surface area contributed by atoms with E-state index in [1.165, 1.54) is 33.8 Å². The maximum Gasteiger partial charge on any atom is 0.0801 e. The van der Waals surface area contributed by atoms with E-state index >= 15 is 0 Å². The van der Waals surface area contributed by atoms with Crippen molar-refractivity contribution in [3.8, 4) is 0 Å². The second-order valence-corrected chi connectivity index (χ2v) is 5.43. The molecule has 0 saturated carbocycles. The highest BCUT2D eigenvalue weighted by Crippen LogP contribution is 2.51. The monoisotopic (exact) mass is 206 g/mol. The molecule has 0 saturated heterocycles. The highest BCUT2D eigenvalue weighted by molar-refractivity contribution is 7.99. The van der Waals surface area contributed by atoms with Crippen LogP contribution in [0.4, 0.5) is 0 Å². The Kier molecular flexibility index (Phi) is 1.89. The van der Waals surface area contributed by atoms with Crippen LogP contribution in [-0.2, 0) is 0 Å². The van der Waals surface area contributed by atoms with E-state index in [9.17, 15) is 5.11 Å². The molecule has 74 valence electrons. The quantitative estimate of drug-likeness (QED) is 0.704. The summed E-state index contributed by atoms with van der Waals surface area (Å²) in [5.41, 5.74) is 3.97. The third kappa shape index (κ3) is 1.07. The smallest absolute Gasteiger partial charge is 0.0801 e. The maximum absolute atomic E-state index is 10.0. The summed E-state index contributed by atoms with van der Waals surface area (Å²) in [5, 5.41) is 10.0. The average Bonchev–Trinajstić information content (AvgIpc) is 2.51. The largest absolute Gasteiger partial charge is 0.388 e. The topological polar surface area (TPSA) is 20.2 Å². The van der Waals surface area contributed by atoms with E-state index in [0.717, 1.165) is 6.42 Å². The van der Waals surface area contributed by atoms with Crippen molar-refractivity contribution in [2.45, 2.75) is 36.7 Å². The summed E-state index contributed by atoms with van der Waals surface area (Å²) in [5.74, 6) is 1.85. The zero-order valence-corrected chi connectivity index (χ0v) is 9.10. The molecule has 0 spiro atoms. The highest BCUT2D eigenvalue weighted by atomic mass is 32.2. The van der Waals surface area contributed by atoms with Crippen molar-refractivity contribution in [2.24, 2.45) is 0 Å². The molecule has 0 bridgehead atoms. The number of benzene rings is 1. The Balaban J connectivity index is 2.26. The molecule has 0 aromatic heterocycles. The van der Waals surface area contributed by atoms with Gasteiger partial charge in [0.25, 0.3) is 0 Å². The van der Waals surface area contributed by atoms with Crippen LogP contribution in [0.1, 0.15) is 41.6 Å². The first-order chi connectivity index (χ1) is 6.77. The fourth-order valence-electron chi connectivity index (χ4n) is 2.79. The molecule has 1 aliphatic carbocycles. The van der Waals surface area contributed by atoms with Crippen LogP contribution >= 0.6 is 11.8 Å².